The van der Waals surface area contributed by atoms with Gasteiger partial charge in [0.25, 0.3) is 11.7 Å². The number of ether oxygens (including phenoxy) is 1. The number of rotatable bonds is 6. The molecule has 3 amide bonds. The van der Waals surface area contributed by atoms with Crippen LogP contribution in [0.4, 0.5) is 10.5 Å². The molecule has 0 spiro atoms. The number of urea groups is 1. The summed E-state index contributed by atoms with van der Waals surface area (Å²) in [6.07, 6.45) is 0.914. The fraction of sp³-hybridized carbons (Fsp3) is 0.476. The van der Waals surface area contributed by atoms with Crippen LogP contribution in [0.5, 0.6) is 5.75 Å². The van der Waals surface area contributed by atoms with Crippen LogP contribution in [-0.2, 0) is 4.79 Å². The highest BCUT2D eigenvalue weighted by atomic mass is 16.5. The van der Waals surface area contributed by atoms with Crippen LogP contribution in [0.1, 0.15) is 6.42 Å². The first-order valence-electron chi connectivity index (χ1n) is 9.90. The van der Waals surface area contributed by atoms with Crippen molar-refractivity contribution in [3.8, 4) is 5.75 Å². The summed E-state index contributed by atoms with van der Waals surface area (Å²) in [5.41, 5.74) is 1.46. The number of amidine groups is 1. The Hall–Kier alpha value is -2.87. The molecule has 1 aromatic rings. The first kappa shape index (κ1) is 20.9. The van der Waals surface area contributed by atoms with Crippen LogP contribution >= 0.6 is 0 Å². The Labute approximate surface area is 172 Å². The second kappa shape index (κ2) is 9.09. The Morgan fingerprint density at radius 2 is 1.76 bits per heavy atom. The topological polar surface area (TPSA) is 70.3 Å². The van der Waals surface area contributed by atoms with Gasteiger partial charge in [0.2, 0.25) is 0 Å². The first-order chi connectivity index (χ1) is 13.9. The number of benzene rings is 1. The number of carbonyl (C=O) groups is 2. The zero-order valence-corrected chi connectivity index (χ0v) is 17.5. The van der Waals surface area contributed by atoms with E-state index in [0.29, 0.717) is 18.0 Å². The number of hydrogen-bond donors (Lipinski definition) is 1. The lowest BCUT2D eigenvalue weighted by Crippen LogP contribution is -2.79. The van der Waals surface area contributed by atoms with Gasteiger partial charge in [-0.2, -0.15) is 4.90 Å². The Morgan fingerprint density at radius 3 is 2.45 bits per heavy atom. The van der Waals surface area contributed by atoms with E-state index in [1.165, 1.54) is 11.9 Å². The number of para-hydroxylation sites is 2. The number of amides is 3. The molecule has 2 fully saturated rings. The summed E-state index contributed by atoms with van der Waals surface area (Å²) in [6, 6.07) is 7.77. The van der Waals surface area contributed by atoms with Gasteiger partial charge in [-0.1, -0.05) is 18.7 Å². The fourth-order valence-electron chi connectivity index (χ4n) is 3.75. The van der Waals surface area contributed by atoms with Gasteiger partial charge in [-0.15, -0.1) is 0 Å². The molecular weight excluding hydrogens is 370 g/mol. The van der Waals surface area contributed by atoms with E-state index in [0.717, 1.165) is 55.5 Å². The summed E-state index contributed by atoms with van der Waals surface area (Å²) >= 11 is 0. The maximum absolute atomic E-state index is 12.1. The molecule has 3 rings (SSSR count). The third-order valence-electron chi connectivity index (χ3n) is 5.50. The van der Waals surface area contributed by atoms with Gasteiger partial charge in [0.1, 0.15) is 11.3 Å². The number of likely N-dealkylation sites (N-methyl/N-ethyl adjacent to an activating group) is 2. The minimum Gasteiger partial charge on any atom is -0.495 e. The third-order valence-corrected chi connectivity index (χ3v) is 5.50. The number of nitrogens with zero attached hydrogens (tertiary/aromatic N) is 4. The van der Waals surface area contributed by atoms with Crippen molar-refractivity contribution in [3.63, 3.8) is 0 Å². The highest BCUT2D eigenvalue weighted by Crippen LogP contribution is 2.28. The van der Waals surface area contributed by atoms with E-state index in [9.17, 15) is 9.59 Å². The third kappa shape index (κ3) is 4.42. The van der Waals surface area contributed by atoms with Crippen LogP contribution in [0.25, 0.3) is 0 Å². The molecule has 0 aromatic heterocycles. The molecule has 2 aliphatic heterocycles. The van der Waals surface area contributed by atoms with E-state index in [1.54, 1.807) is 14.2 Å². The van der Waals surface area contributed by atoms with Gasteiger partial charge in [0.15, 0.2) is 0 Å². The zero-order valence-electron chi connectivity index (χ0n) is 17.5. The zero-order chi connectivity index (χ0) is 21.0. The molecule has 2 saturated heterocycles. The molecule has 0 bridgehead atoms. The second-order valence-electron chi connectivity index (χ2n) is 7.31. The molecule has 1 N–H and O–H groups in total. The predicted octanol–water partition coefficient (Wildman–Crippen LogP) is -0.234. The Kier molecular flexibility index (Phi) is 6.53. The van der Waals surface area contributed by atoms with Gasteiger partial charge in [0, 0.05) is 39.8 Å². The molecule has 0 atom stereocenters. The Balaban J connectivity index is 1.47. The normalized spacial score (nSPS) is 20.0. The number of hydrogen-bond acceptors (Lipinski definition) is 5. The van der Waals surface area contributed by atoms with Gasteiger partial charge < -0.3 is 9.64 Å². The molecule has 29 heavy (non-hydrogen) atoms. The van der Waals surface area contributed by atoms with Gasteiger partial charge in [-0.25, -0.2) is 9.69 Å². The summed E-state index contributed by atoms with van der Waals surface area (Å²) in [7, 11) is 4.82. The molecule has 0 unspecified atom stereocenters. The summed E-state index contributed by atoms with van der Waals surface area (Å²) < 4.78 is 5.47. The maximum Gasteiger partial charge on any atom is 0.417 e. The predicted molar refractivity (Wildman–Crippen MR) is 112 cm³/mol. The Morgan fingerprint density at radius 1 is 1.07 bits per heavy atom. The smallest absolute Gasteiger partial charge is 0.417 e. The second-order valence-corrected chi connectivity index (χ2v) is 7.31. The molecule has 8 nitrogen and oxygen atoms in total. The van der Waals surface area contributed by atoms with Crippen molar-refractivity contribution in [1.82, 2.24) is 14.7 Å². The van der Waals surface area contributed by atoms with Crippen molar-refractivity contribution in [2.45, 2.75) is 6.42 Å². The number of piperazine rings is 1. The summed E-state index contributed by atoms with van der Waals surface area (Å²) in [5, 5.41) is 0. The van der Waals surface area contributed by atoms with Crippen molar-refractivity contribution in [2.24, 2.45) is 0 Å². The van der Waals surface area contributed by atoms with E-state index in [1.807, 2.05) is 18.2 Å². The number of methoxy groups -OCH3 is 1. The van der Waals surface area contributed by atoms with Gasteiger partial charge in [0.05, 0.1) is 26.4 Å². The summed E-state index contributed by atoms with van der Waals surface area (Å²) in [5.74, 6) is 1.05. The molecule has 0 aliphatic carbocycles. The van der Waals surface area contributed by atoms with Gasteiger partial charge >= 0.3 is 6.03 Å². The van der Waals surface area contributed by atoms with E-state index >= 15 is 0 Å². The van der Waals surface area contributed by atoms with E-state index in [-0.39, 0.29) is 11.9 Å². The van der Waals surface area contributed by atoms with Crippen molar-refractivity contribution < 1.29 is 19.3 Å². The van der Waals surface area contributed by atoms with Crippen molar-refractivity contribution in [2.75, 3.05) is 65.4 Å². The number of carbonyl (C=O) groups excluding carboxylic acids is 2. The SMILES string of the molecule is C=C1C(=O)N(C)C(=O)N(C)C1=[NH+]CCCN1CCN(c2ccccc2OC)CC1. The maximum atomic E-state index is 12.1. The quantitative estimate of drug-likeness (QED) is 0.528. The summed E-state index contributed by atoms with van der Waals surface area (Å²) in [4.78, 5) is 34.7. The van der Waals surface area contributed by atoms with Crippen LogP contribution in [0, 0.1) is 0 Å². The van der Waals surface area contributed by atoms with E-state index in [2.05, 4.69) is 27.4 Å². The fourth-order valence-corrected chi connectivity index (χ4v) is 3.75. The van der Waals surface area contributed by atoms with Crippen LogP contribution < -0.4 is 14.6 Å². The molecule has 2 heterocycles. The highest BCUT2D eigenvalue weighted by Gasteiger charge is 2.41. The van der Waals surface area contributed by atoms with Crippen LogP contribution in [0.3, 0.4) is 0 Å². The lowest BCUT2D eigenvalue weighted by molar-refractivity contribution is -0.462. The number of anilines is 1. The lowest BCUT2D eigenvalue weighted by Gasteiger charge is -2.36. The van der Waals surface area contributed by atoms with E-state index in [4.69, 9.17) is 4.74 Å². The van der Waals surface area contributed by atoms with E-state index < -0.39 is 0 Å². The van der Waals surface area contributed by atoms with Crippen molar-refractivity contribution in [1.29, 1.82) is 0 Å². The highest BCUT2D eigenvalue weighted by molar-refractivity contribution is 6.28. The molecule has 156 valence electrons. The average Bonchev–Trinajstić information content (AvgIpc) is 2.76. The van der Waals surface area contributed by atoms with Crippen LogP contribution in [0.2, 0.25) is 0 Å². The van der Waals surface area contributed by atoms with Gasteiger partial charge in [-0.3, -0.25) is 14.7 Å². The number of imide groups is 1. The van der Waals surface area contributed by atoms with Crippen LogP contribution in [0.15, 0.2) is 36.4 Å². The average molecular weight is 401 g/mol. The monoisotopic (exact) mass is 400 g/mol. The van der Waals surface area contributed by atoms with Crippen molar-refractivity contribution >= 4 is 23.5 Å². The number of nitrogens with one attached hydrogen (secondary N) is 1. The van der Waals surface area contributed by atoms with Crippen molar-refractivity contribution in [3.05, 3.63) is 36.4 Å². The first-order valence-corrected chi connectivity index (χ1v) is 9.90. The largest absolute Gasteiger partial charge is 0.495 e. The molecular formula is C21H30N5O3+. The molecule has 0 saturated carbocycles. The standard InChI is InChI=1S/C21H29N5O3/c1-16-19(23(2)21(28)24(3)20(16)27)22-10-7-11-25-12-14-26(15-13-25)17-8-5-6-9-18(17)29-4/h5-6,8-9H,1,7,10-15H2,2-4H3/p+1. The van der Waals surface area contributed by atoms with Crippen LogP contribution in [-0.4, -0.2) is 92.9 Å². The van der Waals surface area contributed by atoms with Gasteiger partial charge in [-0.05, 0) is 18.6 Å². The molecule has 2 aliphatic rings. The lowest BCUT2D eigenvalue weighted by atomic mass is 10.2. The molecule has 1 aromatic carbocycles. The molecule has 0 radical (unpaired) electrons. The summed E-state index contributed by atoms with van der Waals surface area (Å²) in [6.45, 7) is 9.35. The minimum absolute atomic E-state index is 0.319. The Bertz CT molecular complexity index is 814. The minimum atomic E-state index is -0.358. The molecule has 8 heteroatoms.